The Bertz CT molecular complexity index is 254. The summed E-state index contributed by atoms with van der Waals surface area (Å²) in [4.78, 5) is -2.69. The van der Waals surface area contributed by atoms with Crippen LogP contribution in [0.5, 0.6) is 0 Å². The lowest BCUT2D eigenvalue weighted by molar-refractivity contribution is -0.118. The lowest BCUT2D eigenvalue weighted by Crippen LogP contribution is -2.57. The van der Waals surface area contributed by atoms with Gasteiger partial charge in [-0.25, -0.2) is 0 Å². The van der Waals surface area contributed by atoms with Crippen LogP contribution in [-0.4, -0.2) is 37.0 Å². The molecule has 0 bridgehead atoms. The molecule has 3 unspecified atom stereocenters. The van der Waals surface area contributed by atoms with Gasteiger partial charge in [0, 0.05) is 17.3 Å². The summed E-state index contributed by atoms with van der Waals surface area (Å²) in [6, 6.07) is 0. The van der Waals surface area contributed by atoms with E-state index in [2.05, 4.69) is 37.9 Å². The van der Waals surface area contributed by atoms with Gasteiger partial charge >= 0.3 is 0 Å². The van der Waals surface area contributed by atoms with Crippen LogP contribution in [0.3, 0.4) is 0 Å². The second kappa shape index (κ2) is 7.80. The summed E-state index contributed by atoms with van der Waals surface area (Å²) in [5.41, 5.74) is -0.892. The second-order valence-electron chi connectivity index (χ2n) is 5.15. The maximum Gasteiger partial charge on any atom is 0.116 e. The van der Waals surface area contributed by atoms with Crippen LogP contribution in [0.25, 0.3) is 0 Å². The molecule has 19 heavy (non-hydrogen) atoms. The van der Waals surface area contributed by atoms with Crippen molar-refractivity contribution in [3.8, 4) is 0 Å². The van der Waals surface area contributed by atoms with Gasteiger partial charge in [0.15, 0.2) is 0 Å². The van der Waals surface area contributed by atoms with Crippen molar-refractivity contribution < 1.29 is 15.3 Å². The van der Waals surface area contributed by atoms with Gasteiger partial charge in [0.05, 0.1) is 0 Å². The summed E-state index contributed by atoms with van der Waals surface area (Å²) >= 11 is 13.2. The highest BCUT2D eigenvalue weighted by Gasteiger charge is 2.57. The smallest absolute Gasteiger partial charge is 0.116 e. The van der Waals surface area contributed by atoms with E-state index < -0.39 is 15.3 Å². The summed E-state index contributed by atoms with van der Waals surface area (Å²) in [7, 11) is 0. The largest absolute Gasteiger partial charge is 0.396 e. The van der Waals surface area contributed by atoms with E-state index in [1.807, 2.05) is 20.8 Å². The zero-order valence-electron chi connectivity index (χ0n) is 12.0. The lowest BCUT2D eigenvalue weighted by atomic mass is 9.68. The Morgan fingerprint density at radius 1 is 0.947 bits per heavy atom. The maximum absolute atomic E-state index is 10.7. The van der Waals surface area contributed by atoms with Gasteiger partial charge in [-0.05, 0) is 32.1 Å². The second-order valence-corrected chi connectivity index (χ2v) is 7.36. The minimum absolute atomic E-state index is 0.0300. The standard InChI is InChI=1S/C13H28O3S3/c1-4-11(12(15,18)5-2,13(16,19)6-3)9-10(17)7-8-14/h10,14-19H,4-9H2,1-3H3. The van der Waals surface area contributed by atoms with Crippen molar-refractivity contribution in [1.82, 2.24) is 0 Å². The van der Waals surface area contributed by atoms with E-state index in [9.17, 15) is 10.2 Å². The third-order valence-electron chi connectivity index (χ3n) is 4.17. The predicted octanol–water partition coefficient (Wildman–Crippen LogP) is 2.51. The van der Waals surface area contributed by atoms with Crippen molar-refractivity contribution in [3.63, 3.8) is 0 Å². The lowest BCUT2D eigenvalue weighted by Gasteiger charge is -2.53. The first-order valence-corrected chi connectivity index (χ1v) is 8.23. The molecule has 0 aliphatic carbocycles. The van der Waals surface area contributed by atoms with Gasteiger partial charge in [0.1, 0.15) is 9.87 Å². The van der Waals surface area contributed by atoms with Crippen LogP contribution >= 0.6 is 37.9 Å². The van der Waals surface area contributed by atoms with Crippen LogP contribution in [0.15, 0.2) is 0 Å². The summed E-state index contributed by atoms with van der Waals surface area (Å²) in [6.07, 6.45) is 2.26. The van der Waals surface area contributed by atoms with Gasteiger partial charge < -0.3 is 15.3 Å². The van der Waals surface area contributed by atoms with Crippen molar-refractivity contribution >= 4 is 37.9 Å². The van der Waals surface area contributed by atoms with E-state index in [0.717, 1.165) is 0 Å². The normalized spacial score (nSPS) is 23.2. The molecule has 0 spiro atoms. The van der Waals surface area contributed by atoms with Gasteiger partial charge in [-0.15, -0.1) is 25.3 Å². The number of rotatable bonds is 9. The predicted molar refractivity (Wildman–Crippen MR) is 90.3 cm³/mol. The van der Waals surface area contributed by atoms with Crippen molar-refractivity contribution in [3.05, 3.63) is 0 Å². The molecule has 3 atom stereocenters. The molecule has 0 saturated heterocycles. The number of thiol groups is 3. The Kier molecular flexibility index (Phi) is 8.18. The van der Waals surface area contributed by atoms with E-state index in [-0.39, 0.29) is 11.9 Å². The van der Waals surface area contributed by atoms with Crippen LogP contribution in [0.4, 0.5) is 0 Å². The highest BCUT2D eigenvalue weighted by Crippen LogP contribution is 2.55. The van der Waals surface area contributed by atoms with E-state index in [1.54, 1.807) is 0 Å². The average molecular weight is 329 g/mol. The van der Waals surface area contributed by atoms with E-state index in [4.69, 9.17) is 5.11 Å². The molecular formula is C13H28O3S3. The van der Waals surface area contributed by atoms with Crippen LogP contribution in [0, 0.1) is 5.41 Å². The molecule has 3 nitrogen and oxygen atoms in total. The molecule has 0 aromatic carbocycles. The van der Waals surface area contributed by atoms with Crippen molar-refractivity contribution in [2.45, 2.75) is 68.0 Å². The Balaban J connectivity index is 5.56. The Labute approximate surface area is 133 Å². The van der Waals surface area contributed by atoms with E-state index >= 15 is 0 Å². The molecule has 0 fully saturated rings. The first-order chi connectivity index (χ1) is 8.64. The molecule has 3 N–H and O–H groups in total. The van der Waals surface area contributed by atoms with Gasteiger partial charge in [0.25, 0.3) is 0 Å². The molecule has 0 amide bonds. The number of hydrogen-bond acceptors (Lipinski definition) is 6. The monoisotopic (exact) mass is 328 g/mol. The molecule has 116 valence electrons. The zero-order chi connectivity index (χ0) is 15.3. The third kappa shape index (κ3) is 4.20. The van der Waals surface area contributed by atoms with Crippen molar-refractivity contribution in [2.75, 3.05) is 6.61 Å². The molecule has 0 saturated carbocycles. The SMILES string of the molecule is CCC(O)(S)C(CC)(CC(S)CCO)C(O)(S)CC. The summed E-state index contributed by atoms with van der Waals surface area (Å²) < 4.78 is 0. The van der Waals surface area contributed by atoms with Crippen LogP contribution in [0.1, 0.15) is 52.9 Å². The average Bonchev–Trinajstić information content (AvgIpc) is 2.35. The fraction of sp³-hybridized carbons (Fsp3) is 1.00. The highest BCUT2D eigenvalue weighted by atomic mass is 32.1. The van der Waals surface area contributed by atoms with Gasteiger partial charge in [-0.3, -0.25) is 0 Å². The topological polar surface area (TPSA) is 60.7 Å². The fourth-order valence-electron chi connectivity index (χ4n) is 2.69. The first kappa shape index (κ1) is 19.9. The molecule has 0 aromatic heterocycles. The Morgan fingerprint density at radius 3 is 1.63 bits per heavy atom. The third-order valence-corrected chi connectivity index (χ3v) is 6.10. The molecular weight excluding hydrogens is 300 g/mol. The summed E-state index contributed by atoms with van der Waals surface area (Å²) in [5.74, 6) is 0. The van der Waals surface area contributed by atoms with Crippen LogP contribution < -0.4 is 0 Å². The quantitative estimate of drug-likeness (QED) is 0.291. The van der Waals surface area contributed by atoms with E-state index in [1.165, 1.54) is 0 Å². The minimum Gasteiger partial charge on any atom is -0.396 e. The van der Waals surface area contributed by atoms with Crippen LogP contribution in [0.2, 0.25) is 0 Å². The molecule has 0 heterocycles. The highest BCUT2D eigenvalue weighted by molar-refractivity contribution is 7.82. The molecule has 0 rings (SSSR count). The van der Waals surface area contributed by atoms with Gasteiger partial charge in [0.2, 0.25) is 0 Å². The van der Waals surface area contributed by atoms with Gasteiger partial charge in [-0.2, -0.15) is 12.6 Å². The summed E-state index contributed by atoms with van der Waals surface area (Å²) in [5, 5.41) is 30.2. The number of aliphatic hydroxyl groups excluding tert-OH is 1. The molecule has 0 aliphatic heterocycles. The van der Waals surface area contributed by atoms with E-state index in [0.29, 0.717) is 32.1 Å². The Morgan fingerprint density at radius 2 is 1.37 bits per heavy atom. The number of aliphatic hydroxyl groups is 3. The first-order valence-electron chi connectivity index (χ1n) is 6.82. The Hall–Kier alpha value is 0.930. The van der Waals surface area contributed by atoms with Crippen molar-refractivity contribution in [1.29, 1.82) is 0 Å². The molecule has 6 heteroatoms. The molecule has 0 aromatic rings. The molecule has 0 aliphatic rings. The van der Waals surface area contributed by atoms with Crippen LogP contribution in [-0.2, 0) is 0 Å². The fourth-order valence-corrected chi connectivity index (χ4v) is 4.07. The minimum atomic E-state index is -1.34. The zero-order valence-corrected chi connectivity index (χ0v) is 14.7. The number of hydrogen-bond donors (Lipinski definition) is 6. The maximum atomic E-state index is 10.7. The molecule has 0 radical (unpaired) electrons. The van der Waals surface area contributed by atoms with Gasteiger partial charge in [-0.1, -0.05) is 20.8 Å². The van der Waals surface area contributed by atoms with Crippen molar-refractivity contribution in [2.24, 2.45) is 5.41 Å². The summed E-state index contributed by atoms with van der Waals surface area (Å²) in [6.45, 7) is 5.60.